The molecule has 0 saturated carbocycles. The second kappa shape index (κ2) is 4.63. The highest BCUT2D eigenvalue weighted by atomic mass is 32.2. The van der Waals surface area contributed by atoms with Crippen molar-refractivity contribution < 1.29 is 8.60 Å². The second-order valence-corrected chi connectivity index (χ2v) is 5.24. The Bertz CT molecular complexity index is 470. The molecule has 1 aromatic carbocycles. The maximum Gasteiger partial charge on any atom is 0.139 e. The summed E-state index contributed by atoms with van der Waals surface area (Å²) in [5, 5.41) is 2.57. The molecule has 0 radical (unpaired) electrons. The van der Waals surface area contributed by atoms with Crippen molar-refractivity contribution in [1.29, 1.82) is 0 Å². The predicted octanol–water partition coefficient (Wildman–Crippen LogP) is 2.59. The Morgan fingerprint density at radius 2 is 2.20 bits per heavy atom. The molecule has 0 amide bonds. The minimum absolute atomic E-state index is 0.243. The Morgan fingerprint density at radius 3 is 2.87 bits per heavy atom. The van der Waals surface area contributed by atoms with E-state index in [1.807, 2.05) is 5.38 Å². The number of aromatic nitrogens is 1. The summed E-state index contributed by atoms with van der Waals surface area (Å²) in [7, 11) is -1.35. The first-order chi connectivity index (χ1) is 7.27. The minimum atomic E-state index is -1.35. The van der Waals surface area contributed by atoms with Gasteiger partial charge in [0, 0.05) is 11.6 Å². The van der Waals surface area contributed by atoms with Crippen molar-refractivity contribution in [3.63, 3.8) is 0 Å². The van der Waals surface area contributed by atoms with Gasteiger partial charge in [0.25, 0.3) is 0 Å². The summed E-state index contributed by atoms with van der Waals surface area (Å²) in [5.74, 6) is -0.147. The fourth-order valence-electron chi connectivity index (χ4n) is 1.14. The number of benzene rings is 1. The van der Waals surface area contributed by atoms with E-state index in [4.69, 9.17) is 0 Å². The van der Waals surface area contributed by atoms with Gasteiger partial charge in [-0.15, -0.1) is 11.3 Å². The highest BCUT2D eigenvalue weighted by Crippen LogP contribution is 2.16. The van der Waals surface area contributed by atoms with Crippen LogP contribution in [0.3, 0.4) is 0 Å². The highest BCUT2D eigenvalue weighted by molar-refractivity contribution is 7.84. The maximum atomic E-state index is 13.3. The zero-order valence-corrected chi connectivity index (χ0v) is 9.35. The van der Waals surface area contributed by atoms with Crippen LogP contribution in [0.25, 0.3) is 0 Å². The first-order valence-corrected chi connectivity index (χ1v) is 6.48. The molecular formula is C10H8FNOS2. The number of nitrogens with zero attached hydrogens (tertiary/aromatic N) is 1. The van der Waals surface area contributed by atoms with Gasteiger partial charge in [0.2, 0.25) is 0 Å². The van der Waals surface area contributed by atoms with Crippen molar-refractivity contribution in [3.8, 4) is 0 Å². The zero-order chi connectivity index (χ0) is 10.7. The number of thiazole rings is 1. The highest BCUT2D eigenvalue weighted by Gasteiger charge is 2.10. The lowest BCUT2D eigenvalue weighted by Crippen LogP contribution is -1.98. The van der Waals surface area contributed by atoms with Crippen LogP contribution < -0.4 is 0 Å². The molecular weight excluding hydrogens is 233 g/mol. The molecule has 1 heterocycles. The van der Waals surface area contributed by atoms with Crippen molar-refractivity contribution in [2.75, 3.05) is 0 Å². The summed E-state index contributed by atoms with van der Waals surface area (Å²) in [6, 6.07) is 6.12. The van der Waals surface area contributed by atoms with E-state index in [1.165, 1.54) is 17.4 Å². The Balaban J connectivity index is 2.19. The Kier molecular flexibility index (Phi) is 3.23. The fraction of sp³-hybridized carbons (Fsp3) is 0.100. The standard InChI is InChI=1S/C10H8FNOS2/c11-8-3-1-2-4-9(8)15(13)7-10-12-5-6-14-10/h1-6H,7H2. The molecule has 0 bridgehead atoms. The minimum Gasteiger partial charge on any atom is -0.254 e. The van der Waals surface area contributed by atoms with Crippen molar-refractivity contribution in [1.82, 2.24) is 4.98 Å². The van der Waals surface area contributed by atoms with Crippen molar-refractivity contribution in [2.24, 2.45) is 0 Å². The van der Waals surface area contributed by atoms with Gasteiger partial charge in [-0.05, 0) is 12.1 Å². The van der Waals surface area contributed by atoms with Crippen molar-refractivity contribution >= 4 is 22.1 Å². The molecule has 0 aliphatic rings. The Labute approximate surface area is 93.3 Å². The monoisotopic (exact) mass is 241 g/mol. The summed E-state index contributed by atoms with van der Waals surface area (Å²) < 4.78 is 25.0. The lowest BCUT2D eigenvalue weighted by atomic mass is 10.3. The first-order valence-electron chi connectivity index (χ1n) is 4.28. The topological polar surface area (TPSA) is 30.0 Å². The van der Waals surface area contributed by atoms with Gasteiger partial charge in [-0.3, -0.25) is 4.21 Å². The molecule has 2 rings (SSSR count). The molecule has 0 spiro atoms. The van der Waals surface area contributed by atoms with Gasteiger partial charge < -0.3 is 0 Å². The third kappa shape index (κ3) is 2.49. The zero-order valence-electron chi connectivity index (χ0n) is 7.72. The van der Waals surface area contributed by atoms with Crippen LogP contribution in [-0.4, -0.2) is 9.19 Å². The molecule has 1 atom stereocenters. The van der Waals surface area contributed by atoms with Crippen LogP contribution in [0.5, 0.6) is 0 Å². The van der Waals surface area contributed by atoms with Crippen LogP contribution in [0, 0.1) is 5.82 Å². The Hall–Kier alpha value is -1.07. The molecule has 0 N–H and O–H groups in total. The van der Waals surface area contributed by atoms with Gasteiger partial charge in [0.15, 0.2) is 0 Å². The van der Waals surface area contributed by atoms with E-state index in [-0.39, 0.29) is 10.6 Å². The van der Waals surface area contributed by atoms with Crippen LogP contribution in [0.2, 0.25) is 0 Å². The summed E-state index contributed by atoms with van der Waals surface area (Å²) in [4.78, 5) is 4.26. The lowest BCUT2D eigenvalue weighted by molar-refractivity contribution is 0.595. The maximum absolute atomic E-state index is 13.3. The third-order valence-electron chi connectivity index (χ3n) is 1.82. The number of hydrogen-bond acceptors (Lipinski definition) is 3. The van der Waals surface area contributed by atoms with Gasteiger partial charge in [-0.2, -0.15) is 0 Å². The van der Waals surface area contributed by atoms with Crippen LogP contribution in [0.15, 0.2) is 40.7 Å². The molecule has 0 saturated heterocycles. The quantitative estimate of drug-likeness (QED) is 0.826. The summed E-state index contributed by atoms with van der Waals surface area (Å²) in [6.07, 6.45) is 1.65. The van der Waals surface area contributed by atoms with Crippen LogP contribution in [0.1, 0.15) is 5.01 Å². The van der Waals surface area contributed by atoms with Crippen molar-refractivity contribution in [2.45, 2.75) is 10.6 Å². The van der Waals surface area contributed by atoms with E-state index in [0.717, 1.165) is 5.01 Å². The van der Waals surface area contributed by atoms with Crippen LogP contribution >= 0.6 is 11.3 Å². The second-order valence-electron chi connectivity index (χ2n) is 2.85. The average molecular weight is 241 g/mol. The van der Waals surface area contributed by atoms with Gasteiger partial charge in [0.05, 0.1) is 21.4 Å². The molecule has 78 valence electrons. The Morgan fingerprint density at radius 1 is 1.40 bits per heavy atom. The predicted molar refractivity (Wildman–Crippen MR) is 58.6 cm³/mol. The molecule has 0 fully saturated rings. The lowest BCUT2D eigenvalue weighted by Gasteiger charge is -2.00. The molecule has 0 aliphatic carbocycles. The van der Waals surface area contributed by atoms with Crippen LogP contribution in [-0.2, 0) is 16.6 Å². The van der Waals surface area contributed by atoms with E-state index in [1.54, 1.807) is 24.4 Å². The fourth-order valence-corrected chi connectivity index (χ4v) is 3.11. The first kappa shape index (κ1) is 10.4. The van der Waals surface area contributed by atoms with Gasteiger partial charge in [-0.1, -0.05) is 12.1 Å². The van der Waals surface area contributed by atoms with Crippen molar-refractivity contribution in [3.05, 3.63) is 46.7 Å². The SMILES string of the molecule is O=S(Cc1nccs1)c1ccccc1F. The molecule has 1 unspecified atom stereocenters. The molecule has 2 aromatic rings. The average Bonchev–Trinajstić information content (AvgIpc) is 2.71. The van der Waals surface area contributed by atoms with Gasteiger partial charge in [0.1, 0.15) is 10.8 Å². The number of halogens is 1. The number of rotatable bonds is 3. The normalized spacial score (nSPS) is 12.6. The summed E-state index contributed by atoms with van der Waals surface area (Å²) in [5.41, 5.74) is 0. The smallest absolute Gasteiger partial charge is 0.139 e. The largest absolute Gasteiger partial charge is 0.254 e. The van der Waals surface area contributed by atoms with E-state index in [0.29, 0.717) is 0 Å². The van der Waals surface area contributed by atoms with E-state index in [9.17, 15) is 8.60 Å². The summed E-state index contributed by atoms with van der Waals surface area (Å²) >= 11 is 1.43. The molecule has 1 aromatic heterocycles. The van der Waals surface area contributed by atoms with Crippen LogP contribution in [0.4, 0.5) is 4.39 Å². The van der Waals surface area contributed by atoms with Gasteiger partial charge in [-0.25, -0.2) is 9.37 Å². The molecule has 0 aliphatic heterocycles. The van der Waals surface area contributed by atoms with Gasteiger partial charge >= 0.3 is 0 Å². The molecule has 2 nitrogen and oxygen atoms in total. The number of hydrogen-bond donors (Lipinski definition) is 0. The molecule has 15 heavy (non-hydrogen) atoms. The summed E-state index contributed by atoms with van der Waals surface area (Å²) in [6.45, 7) is 0. The van der Waals surface area contributed by atoms with E-state index in [2.05, 4.69) is 4.98 Å². The molecule has 5 heteroatoms. The van der Waals surface area contributed by atoms with E-state index >= 15 is 0 Å². The van der Waals surface area contributed by atoms with E-state index < -0.39 is 16.6 Å². The third-order valence-corrected chi connectivity index (χ3v) is 4.14.